The quantitative estimate of drug-likeness (QED) is 0.153. The number of aromatic nitrogens is 1. The number of thioether (sulfide) groups is 1. The number of nitrogens with one attached hydrogen (secondary N) is 1. The van der Waals surface area contributed by atoms with E-state index in [0.717, 1.165) is 43.4 Å². The molecule has 0 spiro atoms. The highest BCUT2D eigenvalue weighted by Gasteiger charge is 2.10. The van der Waals surface area contributed by atoms with Crippen LogP contribution >= 0.6 is 11.8 Å². The monoisotopic (exact) mass is 491 g/mol. The van der Waals surface area contributed by atoms with Crippen molar-refractivity contribution in [1.29, 1.82) is 0 Å². The second-order valence-electron chi connectivity index (χ2n) is 8.33. The Morgan fingerprint density at radius 1 is 0.944 bits per heavy atom. The number of ether oxygens (including phenoxy) is 1. The van der Waals surface area contributed by atoms with Gasteiger partial charge in [-0.1, -0.05) is 78.9 Å². The highest BCUT2D eigenvalue weighted by molar-refractivity contribution is 8.00. The molecule has 0 unspecified atom stereocenters. The van der Waals surface area contributed by atoms with Gasteiger partial charge >= 0.3 is 0 Å². The number of carbonyl (C=O) groups excluding carboxylic acids is 1. The zero-order valence-electron chi connectivity index (χ0n) is 19.8. The second-order valence-corrected chi connectivity index (χ2v) is 9.35. The zero-order chi connectivity index (χ0) is 24.7. The van der Waals surface area contributed by atoms with Gasteiger partial charge in [-0.2, -0.15) is 5.10 Å². The molecule has 0 aliphatic rings. The minimum absolute atomic E-state index is 0.179. The van der Waals surface area contributed by atoms with E-state index < -0.39 is 0 Å². The summed E-state index contributed by atoms with van der Waals surface area (Å²) < 4.78 is 6.13. The Morgan fingerprint density at radius 3 is 2.56 bits per heavy atom. The molecule has 5 nitrogen and oxygen atoms in total. The van der Waals surface area contributed by atoms with Crippen molar-refractivity contribution in [2.75, 3.05) is 5.75 Å². The fourth-order valence-electron chi connectivity index (χ4n) is 4.00. The molecule has 0 bridgehead atoms. The van der Waals surface area contributed by atoms with Crippen molar-refractivity contribution in [2.45, 2.75) is 18.4 Å². The first-order valence-electron chi connectivity index (χ1n) is 11.7. The molecule has 6 heteroatoms. The van der Waals surface area contributed by atoms with Crippen molar-refractivity contribution in [3.8, 4) is 5.75 Å². The Kier molecular flexibility index (Phi) is 7.24. The predicted molar refractivity (Wildman–Crippen MR) is 148 cm³/mol. The summed E-state index contributed by atoms with van der Waals surface area (Å²) in [5, 5.41) is 7.40. The van der Waals surface area contributed by atoms with Crippen molar-refractivity contribution >= 4 is 45.6 Å². The number of aryl methyl sites for hydroxylation is 1. The summed E-state index contributed by atoms with van der Waals surface area (Å²) in [5.41, 5.74) is 6.43. The molecule has 0 saturated carbocycles. The van der Waals surface area contributed by atoms with Crippen molar-refractivity contribution < 1.29 is 9.53 Å². The van der Waals surface area contributed by atoms with Crippen LogP contribution in [0.1, 0.15) is 16.8 Å². The van der Waals surface area contributed by atoms with Crippen LogP contribution in [0.15, 0.2) is 107 Å². The summed E-state index contributed by atoms with van der Waals surface area (Å²) >= 11 is 1.48. The maximum Gasteiger partial charge on any atom is 0.250 e. The third-order valence-corrected chi connectivity index (χ3v) is 6.77. The number of hydrogen-bond acceptors (Lipinski definition) is 5. The van der Waals surface area contributed by atoms with Crippen LogP contribution in [0.3, 0.4) is 0 Å². The maximum atomic E-state index is 12.6. The predicted octanol–water partition coefficient (Wildman–Crippen LogP) is 6.52. The second kappa shape index (κ2) is 11.1. The Balaban J connectivity index is 1.30. The molecule has 0 atom stereocenters. The number of benzene rings is 4. The van der Waals surface area contributed by atoms with Crippen LogP contribution < -0.4 is 10.2 Å². The number of carbonyl (C=O) groups is 1. The first kappa shape index (κ1) is 23.6. The normalized spacial score (nSPS) is 11.2. The fraction of sp³-hybridized carbons (Fsp3) is 0.100. The largest absolute Gasteiger partial charge is 0.488 e. The number of nitrogens with zero attached hydrogens (tertiary/aromatic N) is 2. The van der Waals surface area contributed by atoms with Crippen molar-refractivity contribution in [3.63, 3.8) is 0 Å². The van der Waals surface area contributed by atoms with Gasteiger partial charge in [0.25, 0.3) is 0 Å². The lowest BCUT2D eigenvalue weighted by Crippen LogP contribution is -2.19. The Labute approximate surface area is 214 Å². The summed E-state index contributed by atoms with van der Waals surface area (Å²) in [4.78, 5) is 18.2. The summed E-state index contributed by atoms with van der Waals surface area (Å²) in [6.45, 7) is 2.41. The van der Waals surface area contributed by atoms with Gasteiger partial charge in [-0.25, -0.2) is 5.43 Å². The van der Waals surface area contributed by atoms with Gasteiger partial charge in [-0.05, 0) is 41.5 Å². The van der Waals surface area contributed by atoms with Crippen LogP contribution in [0, 0.1) is 6.92 Å². The van der Waals surface area contributed by atoms with Gasteiger partial charge in [0.15, 0.2) is 0 Å². The number of hydrazone groups is 1. The Morgan fingerprint density at radius 2 is 1.69 bits per heavy atom. The van der Waals surface area contributed by atoms with E-state index in [-0.39, 0.29) is 11.7 Å². The van der Waals surface area contributed by atoms with Crippen molar-refractivity contribution in [1.82, 2.24) is 10.4 Å². The molecule has 0 aliphatic carbocycles. The molecule has 1 heterocycles. The lowest BCUT2D eigenvalue weighted by molar-refractivity contribution is -0.118. The fourth-order valence-corrected chi connectivity index (χ4v) is 4.94. The van der Waals surface area contributed by atoms with E-state index in [2.05, 4.69) is 15.5 Å². The molecule has 1 aromatic heterocycles. The van der Waals surface area contributed by atoms with Crippen molar-refractivity contribution in [2.24, 2.45) is 5.10 Å². The average molecular weight is 492 g/mol. The highest BCUT2D eigenvalue weighted by Crippen LogP contribution is 2.29. The minimum Gasteiger partial charge on any atom is -0.488 e. The molecular weight excluding hydrogens is 466 g/mol. The molecule has 0 fully saturated rings. The SMILES string of the molecule is Cc1cc(SCC(=O)NN=Cc2c(OCc3ccccc3)ccc3ccccc23)c2ccccc2n1. The molecule has 0 saturated heterocycles. The standard InChI is InChI=1S/C30H25N3O2S/c1-21-17-29(25-13-7-8-14-27(25)32-21)36-20-30(34)33-31-18-26-24-12-6-5-11-23(24)15-16-28(26)35-19-22-9-3-2-4-10-22/h2-18H,19-20H2,1H3,(H,33,34). The van der Waals surface area contributed by atoms with Crippen LogP contribution in [0.5, 0.6) is 5.75 Å². The van der Waals surface area contributed by atoms with E-state index in [1.165, 1.54) is 11.8 Å². The summed E-state index contributed by atoms with van der Waals surface area (Å²) in [6, 6.07) is 32.0. The van der Waals surface area contributed by atoms with Crippen LogP contribution in [0.25, 0.3) is 21.7 Å². The molecule has 4 aromatic carbocycles. The molecule has 36 heavy (non-hydrogen) atoms. The Hall–Kier alpha value is -4.16. The number of para-hydroxylation sites is 1. The molecular formula is C30H25N3O2S. The third-order valence-electron chi connectivity index (χ3n) is 5.72. The smallest absolute Gasteiger partial charge is 0.250 e. The number of amides is 1. The molecule has 1 N–H and O–H groups in total. The topological polar surface area (TPSA) is 63.6 Å². The van der Waals surface area contributed by atoms with Gasteiger partial charge in [0.2, 0.25) is 5.91 Å². The van der Waals surface area contributed by atoms with Crippen molar-refractivity contribution in [3.05, 3.63) is 114 Å². The lowest BCUT2D eigenvalue weighted by Gasteiger charge is -2.12. The van der Waals surface area contributed by atoms with Crippen LogP contribution in [0.2, 0.25) is 0 Å². The van der Waals surface area contributed by atoms with E-state index in [1.807, 2.05) is 104 Å². The van der Waals surface area contributed by atoms with Gasteiger partial charge in [0, 0.05) is 21.5 Å². The number of hydrogen-bond donors (Lipinski definition) is 1. The van der Waals surface area contributed by atoms with Crippen LogP contribution in [0.4, 0.5) is 0 Å². The molecule has 1 amide bonds. The van der Waals surface area contributed by atoms with Crippen LogP contribution in [-0.4, -0.2) is 22.9 Å². The van der Waals surface area contributed by atoms with E-state index in [1.54, 1.807) is 6.21 Å². The summed E-state index contributed by atoms with van der Waals surface area (Å²) in [6.07, 6.45) is 1.66. The van der Waals surface area contributed by atoms with E-state index >= 15 is 0 Å². The first-order chi connectivity index (χ1) is 17.7. The van der Waals surface area contributed by atoms with Gasteiger partial charge in [0.05, 0.1) is 17.5 Å². The summed E-state index contributed by atoms with van der Waals surface area (Å²) in [7, 11) is 0. The first-order valence-corrected chi connectivity index (χ1v) is 12.7. The lowest BCUT2D eigenvalue weighted by atomic mass is 10.0. The number of fused-ring (bicyclic) bond motifs is 2. The number of pyridine rings is 1. The third kappa shape index (κ3) is 5.56. The molecule has 5 aromatic rings. The Bertz CT molecular complexity index is 1550. The minimum atomic E-state index is -0.179. The van der Waals surface area contributed by atoms with Gasteiger partial charge in [-0.3, -0.25) is 9.78 Å². The maximum absolute atomic E-state index is 12.6. The molecule has 0 radical (unpaired) electrons. The average Bonchev–Trinajstić information content (AvgIpc) is 2.91. The number of rotatable bonds is 8. The van der Waals surface area contributed by atoms with Gasteiger partial charge in [-0.15, -0.1) is 11.8 Å². The molecule has 0 aliphatic heterocycles. The summed E-state index contributed by atoms with van der Waals surface area (Å²) in [5.74, 6) is 0.781. The molecule has 178 valence electrons. The van der Waals surface area contributed by atoms with E-state index in [9.17, 15) is 4.79 Å². The zero-order valence-corrected chi connectivity index (χ0v) is 20.7. The van der Waals surface area contributed by atoms with E-state index in [4.69, 9.17) is 4.74 Å². The van der Waals surface area contributed by atoms with E-state index in [0.29, 0.717) is 12.4 Å². The highest BCUT2D eigenvalue weighted by atomic mass is 32.2. The van der Waals surface area contributed by atoms with Crippen LogP contribution in [-0.2, 0) is 11.4 Å². The van der Waals surface area contributed by atoms with Gasteiger partial charge in [0.1, 0.15) is 12.4 Å². The molecule has 5 rings (SSSR count). The van der Waals surface area contributed by atoms with Gasteiger partial charge < -0.3 is 4.74 Å².